The van der Waals surface area contributed by atoms with Crippen LogP contribution in [0, 0.1) is 0 Å². The number of carbonyl (C=O) groups is 1. The van der Waals surface area contributed by atoms with Crippen LogP contribution in [-0.2, 0) is 4.79 Å². The molecule has 0 aliphatic rings. The van der Waals surface area contributed by atoms with Crippen molar-refractivity contribution in [1.82, 2.24) is 10.3 Å². The smallest absolute Gasteiger partial charge is 0.229 e. The quantitative estimate of drug-likeness (QED) is 0.754. The number of amides is 1. The van der Waals surface area contributed by atoms with Crippen molar-refractivity contribution in [2.45, 2.75) is 25.7 Å². The summed E-state index contributed by atoms with van der Waals surface area (Å²) in [5, 5.41) is 2.88. The van der Waals surface area contributed by atoms with Crippen LogP contribution in [0.4, 0.5) is 0 Å². The molecule has 16 heavy (non-hydrogen) atoms. The average molecular weight is 221 g/mol. The zero-order chi connectivity index (χ0) is 11.8. The number of carbonyl (C=O) groups excluding carboxylic acids is 1. The molecule has 0 bridgehead atoms. The third-order valence-corrected chi connectivity index (χ3v) is 2.37. The standard InChI is InChI=1S/C12H19N3O/c1-2-8-15-12(16)10(6-7-13)11-5-3-4-9-14-11/h3-5,9-10H,2,6-8,13H2,1H3,(H,15,16). The highest BCUT2D eigenvalue weighted by atomic mass is 16.1. The summed E-state index contributed by atoms with van der Waals surface area (Å²) in [5.41, 5.74) is 6.32. The van der Waals surface area contributed by atoms with Crippen LogP contribution in [0.5, 0.6) is 0 Å². The van der Waals surface area contributed by atoms with E-state index in [4.69, 9.17) is 5.73 Å². The van der Waals surface area contributed by atoms with Crippen LogP contribution >= 0.6 is 0 Å². The lowest BCUT2D eigenvalue weighted by atomic mass is 9.99. The van der Waals surface area contributed by atoms with Gasteiger partial charge < -0.3 is 11.1 Å². The van der Waals surface area contributed by atoms with Crippen LogP contribution in [0.3, 0.4) is 0 Å². The molecule has 0 aromatic carbocycles. The molecule has 1 atom stereocenters. The van der Waals surface area contributed by atoms with Gasteiger partial charge in [-0.05, 0) is 31.5 Å². The molecule has 0 saturated carbocycles. The van der Waals surface area contributed by atoms with E-state index in [2.05, 4.69) is 10.3 Å². The maximum absolute atomic E-state index is 11.9. The van der Waals surface area contributed by atoms with E-state index < -0.39 is 0 Å². The van der Waals surface area contributed by atoms with E-state index >= 15 is 0 Å². The van der Waals surface area contributed by atoms with Crippen molar-refractivity contribution in [2.75, 3.05) is 13.1 Å². The summed E-state index contributed by atoms with van der Waals surface area (Å²) in [5.74, 6) is -0.205. The zero-order valence-corrected chi connectivity index (χ0v) is 9.65. The van der Waals surface area contributed by atoms with Crippen LogP contribution in [0.25, 0.3) is 0 Å². The molecule has 1 unspecified atom stereocenters. The van der Waals surface area contributed by atoms with Gasteiger partial charge in [0.1, 0.15) is 0 Å². The van der Waals surface area contributed by atoms with Gasteiger partial charge in [0, 0.05) is 12.7 Å². The third kappa shape index (κ3) is 3.62. The minimum Gasteiger partial charge on any atom is -0.356 e. The summed E-state index contributed by atoms with van der Waals surface area (Å²) in [6.07, 6.45) is 3.27. The monoisotopic (exact) mass is 221 g/mol. The first-order valence-corrected chi connectivity index (χ1v) is 5.68. The Morgan fingerprint density at radius 1 is 1.56 bits per heavy atom. The van der Waals surface area contributed by atoms with Crippen molar-refractivity contribution in [3.63, 3.8) is 0 Å². The molecule has 1 heterocycles. The minimum atomic E-state index is -0.224. The second-order valence-electron chi connectivity index (χ2n) is 3.68. The van der Waals surface area contributed by atoms with Gasteiger partial charge in [0.25, 0.3) is 0 Å². The zero-order valence-electron chi connectivity index (χ0n) is 9.65. The van der Waals surface area contributed by atoms with E-state index in [1.807, 2.05) is 25.1 Å². The maximum Gasteiger partial charge on any atom is 0.229 e. The lowest BCUT2D eigenvalue weighted by molar-refractivity contribution is -0.122. The number of nitrogens with two attached hydrogens (primary N) is 1. The van der Waals surface area contributed by atoms with Gasteiger partial charge in [-0.1, -0.05) is 13.0 Å². The predicted octanol–water partition coefficient (Wildman–Crippen LogP) is 1.04. The van der Waals surface area contributed by atoms with Crippen molar-refractivity contribution < 1.29 is 4.79 Å². The van der Waals surface area contributed by atoms with Gasteiger partial charge in [-0.25, -0.2) is 0 Å². The summed E-state index contributed by atoms with van der Waals surface area (Å²) < 4.78 is 0. The molecule has 0 spiro atoms. The molecule has 1 amide bonds. The van der Waals surface area contributed by atoms with Gasteiger partial charge in [-0.15, -0.1) is 0 Å². The van der Waals surface area contributed by atoms with Crippen molar-refractivity contribution in [3.8, 4) is 0 Å². The minimum absolute atomic E-state index is 0.0194. The first-order chi connectivity index (χ1) is 7.79. The number of nitrogens with zero attached hydrogens (tertiary/aromatic N) is 1. The van der Waals surface area contributed by atoms with E-state index in [1.165, 1.54) is 0 Å². The molecule has 1 rings (SSSR count). The molecular weight excluding hydrogens is 202 g/mol. The Labute approximate surface area is 96.3 Å². The maximum atomic E-state index is 11.9. The lowest BCUT2D eigenvalue weighted by Crippen LogP contribution is -2.31. The molecule has 4 nitrogen and oxygen atoms in total. The Balaban J connectivity index is 2.71. The van der Waals surface area contributed by atoms with Crippen molar-refractivity contribution in [1.29, 1.82) is 0 Å². The second kappa shape index (κ2) is 6.95. The van der Waals surface area contributed by atoms with E-state index in [0.717, 1.165) is 12.1 Å². The number of nitrogens with one attached hydrogen (secondary N) is 1. The molecule has 3 N–H and O–H groups in total. The Hall–Kier alpha value is -1.42. The average Bonchev–Trinajstić information content (AvgIpc) is 2.34. The van der Waals surface area contributed by atoms with Crippen LogP contribution < -0.4 is 11.1 Å². The molecule has 0 radical (unpaired) electrons. The summed E-state index contributed by atoms with van der Waals surface area (Å²) in [6, 6.07) is 5.59. The number of aromatic nitrogens is 1. The highest BCUT2D eigenvalue weighted by Gasteiger charge is 2.20. The Morgan fingerprint density at radius 2 is 2.38 bits per heavy atom. The summed E-state index contributed by atoms with van der Waals surface area (Å²) in [6.45, 7) is 3.21. The van der Waals surface area contributed by atoms with Gasteiger partial charge in [-0.2, -0.15) is 0 Å². The highest BCUT2D eigenvalue weighted by Crippen LogP contribution is 2.16. The Bertz CT molecular complexity index is 313. The molecule has 0 aliphatic heterocycles. The summed E-state index contributed by atoms with van der Waals surface area (Å²) in [7, 11) is 0. The molecule has 1 aromatic rings. The fourth-order valence-electron chi connectivity index (χ4n) is 1.53. The summed E-state index contributed by atoms with van der Waals surface area (Å²) in [4.78, 5) is 16.1. The number of hydrogen-bond acceptors (Lipinski definition) is 3. The molecule has 0 aliphatic carbocycles. The van der Waals surface area contributed by atoms with Crippen molar-refractivity contribution in [2.24, 2.45) is 5.73 Å². The van der Waals surface area contributed by atoms with Crippen LogP contribution in [0.1, 0.15) is 31.4 Å². The van der Waals surface area contributed by atoms with E-state index in [0.29, 0.717) is 19.5 Å². The Morgan fingerprint density at radius 3 is 2.94 bits per heavy atom. The van der Waals surface area contributed by atoms with Gasteiger partial charge in [0.05, 0.1) is 11.6 Å². The largest absolute Gasteiger partial charge is 0.356 e. The molecule has 0 saturated heterocycles. The molecule has 1 aromatic heterocycles. The molecule has 88 valence electrons. The second-order valence-corrected chi connectivity index (χ2v) is 3.68. The van der Waals surface area contributed by atoms with Crippen LogP contribution in [0.2, 0.25) is 0 Å². The van der Waals surface area contributed by atoms with E-state index in [1.54, 1.807) is 6.20 Å². The van der Waals surface area contributed by atoms with Crippen LogP contribution in [-0.4, -0.2) is 24.0 Å². The highest BCUT2D eigenvalue weighted by molar-refractivity contribution is 5.83. The summed E-state index contributed by atoms with van der Waals surface area (Å²) >= 11 is 0. The van der Waals surface area contributed by atoms with E-state index in [9.17, 15) is 4.79 Å². The topological polar surface area (TPSA) is 68.0 Å². The number of pyridine rings is 1. The van der Waals surface area contributed by atoms with Gasteiger partial charge in [0.2, 0.25) is 5.91 Å². The molecular formula is C12H19N3O. The Kier molecular flexibility index (Phi) is 5.50. The van der Waals surface area contributed by atoms with Crippen molar-refractivity contribution in [3.05, 3.63) is 30.1 Å². The lowest BCUT2D eigenvalue weighted by Gasteiger charge is -2.15. The first-order valence-electron chi connectivity index (χ1n) is 5.68. The van der Waals surface area contributed by atoms with Crippen molar-refractivity contribution >= 4 is 5.91 Å². The predicted molar refractivity (Wildman–Crippen MR) is 64.0 cm³/mol. The fourth-order valence-corrected chi connectivity index (χ4v) is 1.53. The first kappa shape index (κ1) is 12.6. The third-order valence-electron chi connectivity index (χ3n) is 2.37. The van der Waals surface area contributed by atoms with Gasteiger partial charge >= 0.3 is 0 Å². The number of hydrogen-bond donors (Lipinski definition) is 2. The van der Waals surface area contributed by atoms with E-state index in [-0.39, 0.29) is 11.8 Å². The number of rotatable bonds is 6. The van der Waals surface area contributed by atoms with Gasteiger partial charge in [0.15, 0.2) is 0 Å². The fraction of sp³-hybridized carbons (Fsp3) is 0.500. The normalized spacial score (nSPS) is 12.1. The van der Waals surface area contributed by atoms with Gasteiger partial charge in [-0.3, -0.25) is 9.78 Å². The SMILES string of the molecule is CCCNC(=O)C(CCN)c1ccccn1. The van der Waals surface area contributed by atoms with Crippen LogP contribution in [0.15, 0.2) is 24.4 Å². The molecule has 4 heteroatoms. The molecule has 0 fully saturated rings.